The molecule has 2 nitrogen and oxygen atoms in total. The highest BCUT2D eigenvalue weighted by molar-refractivity contribution is 7.16. The Labute approximate surface area is 132 Å². The Morgan fingerprint density at radius 2 is 2.20 bits per heavy atom. The summed E-state index contributed by atoms with van der Waals surface area (Å²) in [5.74, 6) is 0.740. The Morgan fingerprint density at radius 1 is 1.45 bits per heavy atom. The van der Waals surface area contributed by atoms with Gasteiger partial charge < -0.3 is 10.2 Å². The lowest BCUT2D eigenvalue weighted by Gasteiger charge is -2.42. The summed E-state index contributed by atoms with van der Waals surface area (Å²) in [6.07, 6.45) is 3.94. The van der Waals surface area contributed by atoms with Crippen molar-refractivity contribution >= 4 is 22.9 Å². The highest BCUT2D eigenvalue weighted by Gasteiger charge is 2.34. The molecule has 0 aliphatic heterocycles. The zero-order valence-electron chi connectivity index (χ0n) is 13.1. The van der Waals surface area contributed by atoms with E-state index in [-0.39, 0.29) is 0 Å². The van der Waals surface area contributed by atoms with Crippen LogP contribution in [0.4, 0.5) is 0 Å². The van der Waals surface area contributed by atoms with Crippen molar-refractivity contribution in [3.63, 3.8) is 0 Å². The SMILES string of the molecule is CNC1CCC(C)(C)CC1CN(C)Cc1ccc(Cl)s1. The molecule has 0 amide bonds. The molecule has 2 rings (SSSR count). The molecule has 1 heterocycles. The number of hydrogen-bond donors (Lipinski definition) is 1. The van der Waals surface area contributed by atoms with Crippen molar-refractivity contribution in [2.75, 3.05) is 20.6 Å². The number of halogens is 1. The Balaban J connectivity index is 1.92. The Bertz CT molecular complexity index is 430. The monoisotopic (exact) mass is 314 g/mol. The van der Waals surface area contributed by atoms with Crippen LogP contribution in [0.3, 0.4) is 0 Å². The van der Waals surface area contributed by atoms with Crippen LogP contribution >= 0.6 is 22.9 Å². The van der Waals surface area contributed by atoms with E-state index in [1.807, 2.05) is 6.07 Å². The molecule has 2 unspecified atom stereocenters. The van der Waals surface area contributed by atoms with E-state index in [2.05, 4.69) is 44.2 Å². The minimum atomic E-state index is 0.491. The van der Waals surface area contributed by atoms with Crippen LogP contribution in [-0.4, -0.2) is 31.6 Å². The second kappa shape index (κ2) is 6.78. The lowest BCUT2D eigenvalue weighted by atomic mass is 9.70. The van der Waals surface area contributed by atoms with Crippen LogP contribution in [0, 0.1) is 11.3 Å². The van der Waals surface area contributed by atoms with E-state index >= 15 is 0 Å². The minimum Gasteiger partial charge on any atom is -0.317 e. The maximum absolute atomic E-state index is 6.01. The van der Waals surface area contributed by atoms with Crippen molar-refractivity contribution in [1.29, 1.82) is 0 Å². The van der Waals surface area contributed by atoms with Gasteiger partial charge in [-0.3, -0.25) is 0 Å². The topological polar surface area (TPSA) is 15.3 Å². The quantitative estimate of drug-likeness (QED) is 0.874. The first-order valence-corrected chi connectivity index (χ1v) is 8.69. The summed E-state index contributed by atoms with van der Waals surface area (Å²) in [5, 5.41) is 3.52. The third-order valence-corrected chi connectivity index (χ3v) is 5.70. The molecule has 0 radical (unpaired) electrons. The van der Waals surface area contributed by atoms with Crippen molar-refractivity contribution < 1.29 is 0 Å². The maximum Gasteiger partial charge on any atom is 0.0931 e. The summed E-state index contributed by atoms with van der Waals surface area (Å²) in [7, 11) is 4.33. The molecule has 114 valence electrons. The first kappa shape index (κ1) is 16.3. The average Bonchev–Trinajstić information content (AvgIpc) is 2.73. The van der Waals surface area contributed by atoms with Gasteiger partial charge in [0.15, 0.2) is 0 Å². The molecule has 1 aromatic rings. The lowest BCUT2D eigenvalue weighted by Crippen LogP contribution is -2.45. The molecule has 1 aliphatic rings. The summed E-state index contributed by atoms with van der Waals surface area (Å²) in [5.41, 5.74) is 0.491. The molecule has 0 bridgehead atoms. The van der Waals surface area contributed by atoms with Gasteiger partial charge in [0.1, 0.15) is 0 Å². The van der Waals surface area contributed by atoms with Gasteiger partial charge >= 0.3 is 0 Å². The lowest BCUT2D eigenvalue weighted by molar-refractivity contribution is 0.110. The minimum absolute atomic E-state index is 0.491. The van der Waals surface area contributed by atoms with Crippen LogP contribution in [0.15, 0.2) is 12.1 Å². The highest BCUT2D eigenvalue weighted by Crippen LogP contribution is 2.39. The van der Waals surface area contributed by atoms with Crippen molar-refractivity contribution in [2.24, 2.45) is 11.3 Å². The van der Waals surface area contributed by atoms with E-state index in [0.29, 0.717) is 11.5 Å². The van der Waals surface area contributed by atoms with Gasteiger partial charge in [0, 0.05) is 24.0 Å². The molecule has 0 spiro atoms. The summed E-state index contributed by atoms with van der Waals surface area (Å²) < 4.78 is 0.889. The predicted molar refractivity (Wildman–Crippen MR) is 89.6 cm³/mol. The highest BCUT2D eigenvalue weighted by atomic mass is 35.5. The van der Waals surface area contributed by atoms with E-state index in [1.165, 1.54) is 24.1 Å². The Kier molecular flexibility index (Phi) is 5.52. The van der Waals surface area contributed by atoms with E-state index in [9.17, 15) is 0 Å². The van der Waals surface area contributed by atoms with Crippen molar-refractivity contribution in [3.8, 4) is 0 Å². The normalized spacial score (nSPS) is 26.1. The summed E-state index contributed by atoms with van der Waals surface area (Å²) in [6.45, 7) is 6.98. The summed E-state index contributed by atoms with van der Waals surface area (Å²) in [4.78, 5) is 3.80. The van der Waals surface area contributed by atoms with E-state index < -0.39 is 0 Å². The van der Waals surface area contributed by atoms with Crippen molar-refractivity contribution in [1.82, 2.24) is 10.2 Å². The summed E-state index contributed by atoms with van der Waals surface area (Å²) >= 11 is 7.70. The fourth-order valence-electron chi connectivity index (χ4n) is 3.48. The molecule has 4 heteroatoms. The first-order valence-electron chi connectivity index (χ1n) is 7.49. The molecule has 1 N–H and O–H groups in total. The third-order valence-electron chi connectivity index (χ3n) is 4.49. The fourth-order valence-corrected chi connectivity index (χ4v) is 4.64. The second-order valence-corrected chi connectivity index (χ2v) is 8.76. The zero-order chi connectivity index (χ0) is 14.8. The number of nitrogens with zero attached hydrogens (tertiary/aromatic N) is 1. The molecular weight excluding hydrogens is 288 g/mol. The van der Waals surface area contributed by atoms with Crippen LogP contribution in [0.2, 0.25) is 4.34 Å². The summed E-state index contributed by atoms with van der Waals surface area (Å²) in [6, 6.07) is 4.80. The van der Waals surface area contributed by atoms with Crippen LogP contribution in [0.25, 0.3) is 0 Å². The van der Waals surface area contributed by atoms with Crippen molar-refractivity contribution in [2.45, 2.75) is 45.7 Å². The Hall–Kier alpha value is -0.0900. The third kappa shape index (κ3) is 4.45. The Morgan fingerprint density at radius 3 is 2.80 bits per heavy atom. The van der Waals surface area contributed by atoms with Gasteiger partial charge in [-0.15, -0.1) is 11.3 Å². The molecule has 0 aromatic carbocycles. The molecule has 2 atom stereocenters. The first-order chi connectivity index (χ1) is 9.39. The molecule has 1 fully saturated rings. The molecule has 1 saturated carbocycles. The number of thiophene rings is 1. The van der Waals surface area contributed by atoms with Crippen LogP contribution < -0.4 is 5.32 Å². The number of hydrogen-bond acceptors (Lipinski definition) is 3. The molecule has 0 saturated heterocycles. The number of nitrogens with one attached hydrogen (secondary N) is 1. The molecule has 1 aliphatic carbocycles. The number of rotatable bonds is 5. The maximum atomic E-state index is 6.01. The molecule has 1 aromatic heterocycles. The predicted octanol–water partition coefficient (Wildman–Crippen LogP) is 4.25. The van der Waals surface area contributed by atoms with E-state index in [0.717, 1.165) is 23.3 Å². The van der Waals surface area contributed by atoms with Gasteiger partial charge in [0.2, 0.25) is 0 Å². The largest absolute Gasteiger partial charge is 0.317 e. The van der Waals surface area contributed by atoms with E-state index in [4.69, 9.17) is 11.6 Å². The van der Waals surface area contributed by atoms with Crippen LogP contribution in [-0.2, 0) is 6.54 Å². The fraction of sp³-hybridized carbons (Fsp3) is 0.750. The van der Waals surface area contributed by atoms with Crippen LogP contribution in [0.5, 0.6) is 0 Å². The van der Waals surface area contributed by atoms with Gasteiger partial charge in [0.25, 0.3) is 0 Å². The van der Waals surface area contributed by atoms with Crippen molar-refractivity contribution in [3.05, 3.63) is 21.3 Å². The smallest absolute Gasteiger partial charge is 0.0931 e. The van der Waals surface area contributed by atoms with Gasteiger partial charge in [-0.25, -0.2) is 0 Å². The van der Waals surface area contributed by atoms with Gasteiger partial charge in [-0.2, -0.15) is 0 Å². The second-order valence-electron chi connectivity index (χ2n) is 6.96. The van der Waals surface area contributed by atoms with E-state index in [1.54, 1.807) is 11.3 Å². The van der Waals surface area contributed by atoms with Gasteiger partial charge in [0.05, 0.1) is 4.34 Å². The van der Waals surface area contributed by atoms with Crippen LogP contribution in [0.1, 0.15) is 38.0 Å². The standard InChI is InChI=1S/C16H27ClN2S/c1-16(2)8-7-14(18-3)12(9-16)10-19(4)11-13-5-6-15(17)20-13/h5-6,12,14,18H,7-11H2,1-4H3. The average molecular weight is 315 g/mol. The van der Waals surface area contributed by atoms with Gasteiger partial charge in [-0.1, -0.05) is 25.4 Å². The van der Waals surface area contributed by atoms with Gasteiger partial charge in [-0.05, 0) is 56.8 Å². The molecular formula is C16H27ClN2S. The zero-order valence-corrected chi connectivity index (χ0v) is 14.7. The molecule has 20 heavy (non-hydrogen) atoms.